The number of rotatable bonds is 8. The molecule has 0 saturated carbocycles. The maximum atomic E-state index is 13.1. The highest BCUT2D eigenvalue weighted by Crippen LogP contribution is 2.33. The van der Waals surface area contributed by atoms with Crippen LogP contribution in [0.25, 0.3) is 0 Å². The van der Waals surface area contributed by atoms with Crippen LogP contribution >= 0.6 is 0 Å². The number of carbonyl (C=O) groups is 2. The van der Waals surface area contributed by atoms with Gasteiger partial charge in [0.15, 0.2) is 0 Å². The largest absolute Gasteiger partial charge is 0.496 e. The van der Waals surface area contributed by atoms with Crippen molar-refractivity contribution >= 4 is 17.7 Å². The Bertz CT molecular complexity index is 1080. The third-order valence-electron chi connectivity index (χ3n) is 5.92. The second-order valence-electron chi connectivity index (χ2n) is 7.95. The van der Waals surface area contributed by atoms with Crippen molar-refractivity contribution in [1.82, 2.24) is 10.6 Å². The van der Waals surface area contributed by atoms with Crippen LogP contribution in [-0.2, 0) is 27.3 Å². The van der Waals surface area contributed by atoms with Gasteiger partial charge in [-0.1, -0.05) is 24.3 Å². The van der Waals surface area contributed by atoms with Crippen molar-refractivity contribution in [2.45, 2.75) is 26.0 Å². The maximum absolute atomic E-state index is 13.1. The zero-order valence-electron chi connectivity index (χ0n) is 19.1. The Morgan fingerprint density at radius 2 is 2.00 bits per heavy atom. The summed E-state index contributed by atoms with van der Waals surface area (Å²) in [5, 5.41) is 5.76. The molecule has 2 aromatic rings. The third-order valence-corrected chi connectivity index (χ3v) is 5.92. The summed E-state index contributed by atoms with van der Waals surface area (Å²) in [6, 6.07) is 12.7. The lowest BCUT2D eigenvalue weighted by Gasteiger charge is -2.32. The van der Waals surface area contributed by atoms with E-state index in [0.717, 1.165) is 29.8 Å². The quantitative estimate of drug-likeness (QED) is 0.600. The molecule has 8 nitrogen and oxygen atoms in total. The topological polar surface area (TPSA) is 89.1 Å². The SMILES string of the molecule is CCOC(=O)C1=C(CN2CCc3ccccc32)NC(=O)N[C@H]1c1ccc(OC)c(COC)c1. The minimum Gasteiger partial charge on any atom is -0.496 e. The van der Waals surface area contributed by atoms with Gasteiger partial charge in [0.05, 0.1) is 44.2 Å². The molecule has 0 aliphatic carbocycles. The fraction of sp³-hybridized carbons (Fsp3) is 0.360. The first-order valence-corrected chi connectivity index (χ1v) is 11.0. The number of nitrogens with zero attached hydrogens (tertiary/aromatic N) is 1. The van der Waals surface area contributed by atoms with Crippen molar-refractivity contribution in [2.24, 2.45) is 0 Å². The van der Waals surface area contributed by atoms with Gasteiger partial charge in [0.25, 0.3) is 0 Å². The van der Waals surface area contributed by atoms with Crippen LogP contribution < -0.4 is 20.3 Å². The van der Waals surface area contributed by atoms with Crippen LogP contribution in [0.2, 0.25) is 0 Å². The minimum absolute atomic E-state index is 0.236. The molecule has 2 aromatic carbocycles. The Kier molecular flexibility index (Phi) is 6.84. The van der Waals surface area contributed by atoms with Gasteiger partial charge >= 0.3 is 12.0 Å². The summed E-state index contributed by atoms with van der Waals surface area (Å²) in [4.78, 5) is 28.0. The van der Waals surface area contributed by atoms with E-state index in [1.165, 1.54) is 5.56 Å². The number of nitrogens with one attached hydrogen (secondary N) is 2. The molecule has 1 atom stereocenters. The van der Waals surface area contributed by atoms with Crippen LogP contribution in [0, 0.1) is 0 Å². The van der Waals surface area contributed by atoms with E-state index >= 15 is 0 Å². The van der Waals surface area contributed by atoms with Gasteiger partial charge in [-0.05, 0) is 42.7 Å². The molecule has 4 rings (SSSR count). The number of hydrogen-bond donors (Lipinski definition) is 2. The number of anilines is 1. The highest BCUT2D eigenvalue weighted by Gasteiger charge is 2.35. The van der Waals surface area contributed by atoms with Gasteiger partial charge < -0.3 is 29.7 Å². The molecule has 33 heavy (non-hydrogen) atoms. The monoisotopic (exact) mass is 451 g/mol. The van der Waals surface area contributed by atoms with E-state index in [-0.39, 0.29) is 12.6 Å². The Labute approximate surface area is 193 Å². The minimum atomic E-state index is -0.660. The van der Waals surface area contributed by atoms with E-state index in [2.05, 4.69) is 27.7 Å². The van der Waals surface area contributed by atoms with Crippen LogP contribution in [-0.4, -0.2) is 45.9 Å². The summed E-state index contributed by atoms with van der Waals surface area (Å²) in [5.74, 6) is 0.220. The molecule has 0 saturated heterocycles. The number of benzene rings is 2. The Balaban J connectivity index is 1.75. The fourth-order valence-corrected chi connectivity index (χ4v) is 4.45. The zero-order chi connectivity index (χ0) is 23.4. The number of para-hydroxylation sites is 1. The summed E-state index contributed by atoms with van der Waals surface area (Å²) in [7, 11) is 3.20. The lowest BCUT2D eigenvalue weighted by atomic mass is 9.93. The van der Waals surface area contributed by atoms with Crippen LogP contribution in [0.1, 0.15) is 29.7 Å². The van der Waals surface area contributed by atoms with Gasteiger partial charge in [-0.2, -0.15) is 0 Å². The molecule has 2 heterocycles. The van der Waals surface area contributed by atoms with Crippen molar-refractivity contribution in [3.8, 4) is 5.75 Å². The van der Waals surface area contributed by atoms with E-state index in [1.807, 2.05) is 30.3 Å². The van der Waals surface area contributed by atoms with Gasteiger partial charge in [-0.3, -0.25) is 0 Å². The van der Waals surface area contributed by atoms with Crippen molar-refractivity contribution in [2.75, 3.05) is 38.8 Å². The molecular formula is C25H29N3O5. The summed E-state index contributed by atoms with van der Waals surface area (Å²) in [6.45, 7) is 3.55. The van der Waals surface area contributed by atoms with Crippen LogP contribution in [0.4, 0.5) is 10.5 Å². The summed E-state index contributed by atoms with van der Waals surface area (Å²) in [6.07, 6.45) is 0.923. The summed E-state index contributed by atoms with van der Waals surface area (Å²) >= 11 is 0. The molecule has 0 fully saturated rings. The molecule has 174 valence electrons. The second kappa shape index (κ2) is 9.95. The number of carbonyl (C=O) groups excluding carboxylic acids is 2. The average Bonchev–Trinajstić information content (AvgIpc) is 3.22. The Morgan fingerprint density at radius 1 is 1.18 bits per heavy atom. The Morgan fingerprint density at radius 3 is 2.76 bits per heavy atom. The maximum Gasteiger partial charge on any atom is 0.338 e. The molecule has 2 N–H and O–H groups in total. The predicted molar refractivity (Wildman–Crippen MR) is 124 cm³/mol. The first-order chi connectivity index (χ1) is 16.0. The number of methoxy groups -OCH3 is 2. The van der Waals surface area contributed by atoms with Crippen LogP contribution in [0.5, 0.6) is 5.75 Å². The number of amides is 2. The lowest BCUT2D eigenvalue weighted by Crippen LogP contribution is -2.48. The van der Waals surface area contributed by atoms with Gasteiger partial charge in [-0.15, -0.1) is 0 Å². The van der Waals surface area contributed by atoms with E-state index in [4.69, 9.17) is 14.2 Å². The van der Waals surface area contributed by atoms with Gasteiger partial charge in [0.2, 0.25) is 0 Å². The first kappa shape index (κ1) is 22.7. The summed E-state index contributed by atoms with van der Waals surface area (Å²) < 4.78 is 16.1. The zero-order valence-corrected chi connectivity index (χ0v) is 19.1. The van der Waals surface area contributed by atoms with Gasteiger partial charge in [-0.25, -0.2) is 9.59 Å². The Hall–Kier alpha value is -3.52. The number of esters is 1. The number of hydrogen-bond acceptors (Lipinski definition) is 6. The number of ether oxygens (including phenoxy) is 3. The van der Waals surface area contributed by atoms with Gasteiger partial charge in [0, 0.05) is 24.9 Å². The fourth-order valence-electron chi connectivity index (χ4n) is 4.45. The van der Waals surface area contributed by atoms with Crippen molar-refractivity contribution in [3.05, 3.63) is 70.4 Å². The lowest BCUT2D eigenvalue weighted by molar-refractivity contribution is -0.139. The van der Waals surface area contributed by atoms with E-state index in [0.29, 0.717) is 30.2 Å². The number of fused-ring (bicyclic) bond motifs is 1. The van der Waals surface area contributed by atoms with Crippen LogP contribution in [0.3, 0.4) is 0 Å². The third kappa shape index (κ3) is 4.66. The smallest absolute Gasteiger partial charge is 0.338 e. The molecule has 0 radical (unpaired) electrons. The molecule has 0 bridgehead atoms. The van der Waals surface area contributed by atoms with Crippen LogP contribution in [0.15, 0.2) is 53.7 Å². The average molecular weight is 452 g/mol. The molecule has 2 aliphatic rings. The van der Waals surface area contributed by atoms with E-state index in [1.54, 1.807) is 21.1 Å². The molecule has 8 heteroatoms. The highest BCUT2D eigenvalue weighted by atomic mass is 16.5. The van der Waals surface area contributed by atoms with E-state index < -0.39 is 12.0 Å². The molecule has 0 unspecified atom stereocenters. The molecular weight excluding hydrogens is 422 g/mol. The van der Waals surface area contributed by atoms with Crippen molar-refractivity contribution in [3.63, 3.8) is 0 Å². The highest BCUT2D eigenvalue weighted by molar-refractivity contribution is 5.95. The number of urea groups is 1. The van der Waals surface area contributed by atoms with Gasteiger partial charge in [0.1, 0.15) is 5.75 Å². The van der Waals surface area contributed by atoms with Crippen molar-refractivity contribution in [1.29, 1.82) is 0 Å². The second-order valence-corrected chi connectivity index (χ2v) is 7.95. The molecule has 0 aromatic heterocycles. The molecule has 0 spiro atoms. The summed E-state index contributed by atoms with van der Waals surface area (Å²) in [5.41, 5.74) is 4.89. The van der Waals surface area contributed by atoms with Crippen molar-refractivity contribution < 1.29 is 23.8 Å². The standard InChI is InChI=1S/C25H29N3O5/c1-4-33-24(29)22-19(14-28-12-11-16-7-5-6-8-20(16)28)26-25(30)27-23(22)17-9-10-21(32-3)18(13-17)15-31-2/h5-10,13,23H,4,11-12,14-15H2,1-3H3,(H2,26,27,30)/t23-/m0/s1. The van der Waals surface area contributed by atoms with E-state index in [9.17, 15) is 9.59 Å². The normalized spacial score (nSPS) is 17.4. The molecule has 2 aliphatic heterocycles. The predicted octanol–water partition coefficient (Wildman–Crippen LogP) is 3.08. The molecule has 2 amide bonds. The first-order valence-electron chi connectivity index (χ1n) is 11.0.